The highest BCUT2D eigenvalue weighted by atomic mass is 79.9. The lowest BCUT2D eigenvalue weighted by Gasteiger charge is -2.09. The molecule has 0 radical (unpaired) electrons. The summed E-state index contributed by atoms with van der Waals surface area (Å²) in [5.41, 5.74) is 2.71. The number of anilines is 1. The zero-order valence-corrected chi connectivity index (χ0v) is 12.8. The summed E-state index contributed by atoms with van der Waals surface area (Å²) in [7, 11) is 0. The minimum absolute atomic E-state index is 0.0441. The first-order valence-electron chi connectivity index (χ1n) is 5.85. The van der Waals surface area contributed by atoms with E-state index >= 15 is 0 Å². The largest absolute Gasteiger partial charge is 0.326 e. The van der Waals surface area contributed by atoms with Crippen molar-refractivity contribution in [2.75, 3.05) is 5.32 Å². The van der Waals surface area contributed by atoms with Gasteiger partial charge in [-0.05, 0) is 42.3 Å². The molecule has 0 heterocycles. The number of carbonyl (C=O) groups excluding carboxylic acids is 1. The molecule has 2 nitrogen and oxygen atoms in total. The first-order valence-corrected chi connectivity index (χ1v) is 7.03. The van der Waals surface area contributed by atoms with Crippen LogP contribution in [0.1, 0.15) is 11.1 Å². The number of rotatable bonds is 3. The van der Waals surface area contributed by atoms with Crippen molar-refractivity contribution in [3.63, 3.8) is 0 Å². The molecular weight excluding hydrogens is 326 g/mol. The number of benzene rings is 2. The SMILES string of the molecule is Cc1cc(Cl)ccc1NC(=O)Cc1ccccc1Br. The number of carbonyl (C=O) groups is 1. The summed E-state index contributed by atoms with van der Waals surface area (Å²) in [4.78, 5) is 12.0. The molecule has 4 heteroatoms. The van der Waals surface area contributed by atoms with Gasteiger partial charge in [-0.3, -0.25) is 4.79 Å². The van der Waals surface area contributed by atoms with Crippen LogP contribution in [0.2, 0.25) is 5.02 Å². The van der Waals surface area contributed by atoms with Crippen LogP contribution < -0.4 is 5.32 Å². The maximum absolute atomic E-state index is 12.0. The number of nitrogens with one attached hydrogen (secondary N) is 1. The Morgan fingerprint density at radius 1 is 1.26 bits per heavy atom. The predicted molar refractivity (Wildman–Crippen MR) is 82.7 cm³/mol. The van der Waals surface area contributed by atoms with Crippen molar-refractivity contribution in [1.82, 2.24) is 0 Å². The van der Waals surface area contributed by atoms with Gasteiger partial charge in [0.2, 0.25) is 5.91 Å². The Morgan fingerprint density at radius 3 is 2.68 bits per heavy atom. The first kappa shape index (κ1) is 14.1. The second kappa shape index (κ2) is 6.22. The van der Waals surface area contributed by atoms with Crippen molar-refractivity contribution in [1.29, 1.82) is 0 Å². The quantitative estimate of drug-likeness (QED) is 0.871. The van der Waals surface area contributed by atoms with E-state index in [1.54, 1.807) is 6.07 Å². The molecule has 0 spiro atoms. The molecule has 2 aromatic carbocycles. The highest BCUT2D eigenvalue weighted by molar-refractivity contribution is 9.10. The van der Waals surface area contributed by atoms with Crippen molar-refractivity contribution in [3.05, 3.63) is 63.1 Å². The second-order valence-corrected chi connectivity index (χ2v) is 5.57. The molecule has 0 aliphatic carbocycles. The molecule has 1 N–H and O–H groups in total. The summed E-state index contributed by atoms with van der Waals surface area (Å²) >= 11 is 9.32. The van der Waals surface area contributed by atoms with Crippen LogP contribution >= 0.6 is 27.5 Å². The second-order valence-electron chi connectivity index (χ2n) is 4.28. The number of halogens is 2. The summed E-state index contributed by atoms with van der Waals surface area (Å²) in [6, 6.07) is 13.1. The zero-order chi connectivity index (χ0) is 13.8. The number of hydrogen-bond donors (Lipinski definition) is 1. The molecule has 2 rings (SSSR count). The summed E-state index contributed by atoms with van der Waals surface area (Å²) in [5.74, 6) is -0.0441. The molecular formula is C15H13BrClNO. The Bertz CT molecular complexity index is 613. The Balaban J connectivity index is 2.08. The van der Waals surface area contributed by atoms with E-state index in [-0.39, 0.29) is 5.91 Å². The summed E-state index contributed by atoms with van der Waals surface area (Å²) in [6.07, 6.45) is 0.337. The van der Waals surface area contributed by atoms with E-state index in [9.17, 15) is 4.79 Å². The normalized spacial score (nSPS) is 10.3. The highest BCUT2D eigenvalue weighted by Crippen LogP contribution is 2.21. The fourth-order valence-electron chi connectivity index (χ4n) is 1.78. The van der Waals surface area contributed by atoms with Gasteiger partial charge in [-0.25, -0.2) is 0 Å². The average Bonchev–Trinajstić information content (AvgIpc) is 2.36. The van der Waals surface area contributed by atoms with Crippen LogP contribution in [0, 0.1) is 6.92 Å². The molecule has 0 unspecified atom stereocenters. The highest BCUT2D eigenvalue weighted by Gasteiger charge is 2.08. The molecule has 1 amide bonds. The zero-order valence-electron chi connectivity index (χ0n) is 10.4. The van der Waals surface area contributed by atoms with Crippen molar-refractivity contribution in [2.45, 2.75) is 13.3 Å². The van der Waals surface area contributed by atoms with Gasteiger partial charge in [-0.1, -0.05) is 45.7 Å². The summed E-state index contributed by atoms with van der Waals surface area (Å²) < 4.78 is 0.943. The molecule has 0 aliphatic heterocycles. The molecule has 0 saturated heterocycles. The molecule has 0 fully saturated rings. The summed E-state index contributed by atoms with van der Waals surface area (Å²) in [5, 5.41) is 3.56. The van der Waals surface area contributed by atoms with Gasteiger partial charge in [-0.15, -0.1) is 0 Å². The third kappa shape index (κ3) is 3.82. The standard InChI is InChI=1S/C15H13BrClNO/c1-10-8-12(17)6-7-14(10)18-15(19)9-11-4-2-3-5-13(11)16/h2-8H,9H2,1H3,(H,18,19). The number of aryl methyl sites for hydroxylation is 1. The molecule has 2 aromatic rings. The van der Waals surface area contributed by atoms with E-state index in [4.69, 9.17) is 11.6 Å². The number of hydrogen-bond acceptors (Lipinski definition) is 1. The van der Waals surface area contributed by atoms with Crippen LogP contribution in [0.4, 0.5) is 5.69 Å². The van der Waals surface area contributed by atoms with Crippen LogP contribution in [0.25, 0.3) is 0 Å². The van der Waals surface area contributed by atoms with Gasteiger partial charge in [0.25, 0.3) is 0 Å². The number of amides is 1. The van der Waals surface area contributed by atoms with Gasteiger partial charge in [0.05, 0.1) is 6.42 Å². The molecule has 19 heavy (non-hydrogen) atoms. The maximum Gasteiger partial charge on any atom is 0.228 e. The monoisotopic (exact) mass is 337 g/mol. The van der Waals surface area contributed by atoms with Gasteiger partial charge in [-0.2, -0.15) is 0 Å². The van der Waals surface area contributed by atoms with Crippen LogP contribution in [0.3, 0.4) is 0 Å². The van der Waals surface area contributed by atoms with Gasteiger partial charge < -0.3 is 5.32 Å². The van der Waals surface area contributed by atoms with E-state index in [1.165, 1.54) is 0 Å². The lowest BCUT2D eigenvalue weighted by molar-refractivity contribution is -0.115. The van der Waals surface area contributed by atoms with Gasteiger partial charge >= 0.3 is 0 Å². The average molecular weight is 339 g/mol. The Labute approximate surface area is 125 Å². The fraction of sp³-hybridized carbons (Fsp3) is 0.133. The van der Waals surface area contributed by atoms with Gasteiger partial charge in [0, 0.05) is 15.2 Å². The van der Waals surface area contributed by atoms with Crippen molar-refractivity contribution in [3.8, 4) is 0 Å². The smallest absolute Gasteiger partial charge is 0.228 e. The van der Waals surface area contributed by atoms with E-state index in [0.717, 1.165) is 21.3 Å². The maximum atomic E-state index is 12.0. The van der Waals surface area contributed by atoms with E-state index in [2.05, 4.69) is 21.2 Å². The summed E-state index contributed by atoms with van der Waals surface area (Å²) in [6.45, 7) is 1.92. The molecule has 0 aromatic heterocycles. The first-order chi connectivity index (χ1) is 9.06. The lowest BCUT2D eigenvalue weighted by Crippen LogP contribution is -2.15. The fourth-order valence-corrected chi connectivity index (χ4v) is 2.43. The van der Waals surface area contributed by atoms with E-state index in [0.29, 0.717) is 11.4 Å². The third-order valence-electron chi connectivity index (χ3n) is 2.77. The molecule has 0 saturated carbocycles. The lowest BCUT2D eigenvalue weighted by atomic mass is 10.1. The third-order valence-corrected chi connectivity index (χ3v) is 3.78. The van der Waals surface area contributed by atoms with E-state index < -0.39 is 0 Å². The van der Waals surface area contributed by atoms with Crippen molar-refractivity contribution < 1.29 is 4.79 Å². The van der Waals surface area contributed by atoms with Gasteiger partial charge in [0.15, 0.2) is 0 Å². The van der Waals surface area contributed by atoms with Crippen LogP contribution in [0.15, 0.2) is 46.9 Å². The minimum atomic E-state index is -0.0441. The molecule has 98 valence electrons. The Kier molecular flexibility index (Phi) is 4.61. The van der Waals surface area contributed by atoms with Gasteiger partial charge in [0.1, 0.15) is 0 Å². The van der Waals surface area contributed by atoms with Crippen LogP contribution in [-0.4, -0.2) is 5.91 Å². The van der Waals surface area contributed by atoms with Crippen LogP contribution in [-0.2, 0) is 11.2 Å². The molecule has 0 atom stereocenters. The van der Waals surface area contributed by atoms with Crippen molar-refractivity contribution >= 4 is 39.1 Å². The Hall–Kier alpha value is -1.32. The Morgan fingerprint density at radius 2 is 2.00 bits per heavy atom. The molecule has 0 bridgehead atoms. The van der Waals surface area contributed by atoms with Crippen LogP contribution in [0.5, 0.6) is 0 Å². The van der Waals surface area contributed by atoms with E-state index in [1.807, 2.05) is 43.3 Å². The topological polar surface area (TPSA) is 29.1 Å². The molecule has 0 aliphatic rings. The minimum Gasteiger partial charge on any atom is -0.326 e. The predicted octanol–water partition coefficient (Wildman–Crippen LogP) is 4.59. The van der Waals surface area contributed by atoms with Crippen molar-refractivity contribution in [2.24, 2.45) is 0 Å².